The molecule has 0 aliphatic heterocycles. The van der Waals surface area contributed by atoms with E-state index in [4.69, 9.17) is 9.79 Å². The van der Waals surface area contributed by atoms with E-state index in [9.17, 15) is 9.36 Å². The van der Waals surface area contributed by atoms with Crippen LogP contribution in [0.25, 0.3) is 0 Å². The summed E-state index contributed by atoms with van der Waals surface area (Å²) in [6.07, 6.45) is 1.40. The van der Waals surface area contributed by atoms with Gasteiger partial charge < -0.3 is 4.52 Å². The van der Waals surface area contributed by atoms with E-state index in [-0.39, 0.29) is 5.57 Å². The lowest BCUT2D eigenvalue weighted by Crippen LogP contribution is -2.02. The van der Waals surface area contributed by atoms with Gasteiger partial charge in [-0.1, -0.05) is 6.08 Å². The van der Waals surface area contributed by atoms with E-state index in [1.165, 1.54) is 13.0 Å². The lowest BCUT2D eigenvalue weighted by molar-refractivity contribution is -0.131. The largest absolute Gasteiger partial charge is 0.527 e. The lowest BCUT2D eigenvalue weighted by Gasteiger charge is -2.03. The highest BCUT2D eigenvalue weighted by molar-refractivity contribution is 7.46. The Hall–Kier alpha value is -0.640. The third-order valence-corrected chi connectivity index (χ3v) is 1.36. The van der Waals surface area contributed by atoms with Gasteiger partial charge in [0.05, 0.1) is 0 Å². The second kappa shape index (κ2) is 3.67. The first-order chi connectivity index (χ1) is 4.87. The first-order valence-corrected chi connectivity index (χ1v) is 4.32. The lowest BCUT2D eigenvalue weighted by atomic mass is 10.3. The summed E-state index contributed by atoms with van der Waals surface area (Å²) in [4.78, 5) is 27.0. The SMILES string of the molecule is CC=C(C)C(=O)OP(=O)(O)O. The fourth-order valence-electron chi connectivity index (χ4n) is 0.298. The van der Waals surface area contributed by atoms with Crippen molar-refractivity contribution in [3.63, 3.8) is 0 Å². The molecule has 0 heterocycles. The number of carbonyl (C=O) groups is 1. The van der Waals surface area contributed by atoms with Crippen molar-refractivity contribution in [1.29, 1.82) is 0 Å². The summed E-state index contributed by atoms with van der Waals surface area (Å²) in [6, 6.07) is 0. The van der Waals surface area contributed by atoms with E-state index in [0.717, 1.165) is 0 Å². The van der Waals surface area contributed by atoms with Crippen molar-refractivity contribution in [2.45, 2.75) is 13.8 Å². The number of rotatable bonds is 2. The van der Waals surface area contributed by atoms with Crippen molar-refractivity contribution >= 4 is 13.8 Å². The van der Waals surface area contributed by atoms with Gasteiger partial charge in [0.15, 0.2) is 0 Å². The van der Waals surface area contributed by atoms with Crippen LogP contribution in [0.3, 0.4) is 0 Å². The summed E-state index contributed by atoms with van der Waals surface area (Å²) in [5.41, 5.74) is 0.160. The fourth-order valence-corrected chi connectivity index (χ4v) is 0.658. The third-order valence-electron chi connectivity index (χ3n) is 0.957. The van der Waals surface area contributed by atoms with Gasteiger partial charge in [0.25, 0.3) is 0 Å². The zero-order chi connectivity index (χ0) is 9.07. The van der Waals surface area contributed by atoms with Gasteiger partial charge in [-0.2, -0.15) is 0 Å². The predicted molar refractivity (Wildman–Crippen MR) is 37.6 cm³/mol. The molecule has 0 aliphatic rings. The molecule has 0 aromatic heterocycles. The van der Waals surface area contributed by atoms with Crippen molar-refractivity contribution in [2.75, 3.05) is 0 Å². The molecule has 0 atom stereocenters. The van der Waals surface area contributed by atoms with Crippen LogP contribution in [0.15, 0.2) is 11.6 Å². The molecule has 0 amide bonds. The summed E-state index contributed by atoms with van der Waals surface area (Å²) >= 11 is 0. The van der Waals surface area contributed by atoms with E-state index in [1.54, 1.807) is 6.92 Å². The van der Waals surface area contributed by atoms with Gasteiger partial charge in [0.2, 0.25) is 0 Å². The average Bonchev–Trinajstić information content (AvgIpc) is 1.82. The molecule has 0 aliphatic carbocycles. The zero-order valence-corrected chi connectivity index (χ0v) is 7.04. The third kappa shape index (κ3) is 4.72. The van der Waals surface area contributed by atoms with Crippen molar-refractivity contribution in [3.8, 4) is 0 Å². The van der Waals surface area contributed by atoms with Crippen molar-refractivity contribution in [1.82, 2.24) is 0 Å². The second-order valence-electron chi connectivity index (χ2n) is 1.84. The van der Waals surface area contributed by atoms with E-state index in [1.807, 2.05) is 0 Å². The number of carbonyl (C=O) groups excluding carboxylic acids is 1. The number of phosphoric acid groups is 1. The monoisotopic (exact) mass is 180 g/mol. The Bertz CT molecular complexity index is 225. The summed E-state index contributed by atoms with van der Waals surface area (Å²) in [5, 5.41) is 0. The zero-order valence-electron chi connectivity index (χ0n) is 6.14. The molecule has 0 radical (unpaired) electrons. The quantitative estimate of drug-likeness (QED) is 0.479. The Labute approximate surface area is 63.9 Å². The van der Waals surface area contributed by atoms with Crippen LogP contribution >= 0.6 is 7.82 Å². The minimum Gasteiger partial charge on any atom is -0.367 e. The molecule has 0 unspecified atom stereocenters. The molecular formula is C5H9O5P. The predicted octanol–water partition coefficient (Wildman–Crippen LogP) is 0.589. The molecule has 0 aromatic rings. The van der Waals surface area contributed by atoms with Gasteiger partial charge in [-0.25, -0.2) is 9.36 Å². The van der Waals surface area contributed by atoms with Crippen LogP contribution in [0.2, 0.25) is 0 Å². The molecular weight excluding hydrogens is 171 g/mol. The smallest absolute Gasteiger partial charge is 0.367 e. The highest BCUT2D eigenvalue weighted by Gasteiger charge is 2.20. The van der Waals surface area contributed by atoms with Gasteiger partial charge in [-0.05, 0) is 13.8 Å². The van der Waals surface area contributed by atoms with Gasteiger partial charge in [-0.15, -0.1) is 0 Å². The Morgan fingerprint density at radius 1 is 1.55 bits per heavy atom. The molecule has 2 N–H and O–H groups in total. The maximum atomic E-state index is 10.6. The Morgan fingerprint density at radius 2 is 2.00 bits per heavy atom. The summed E-state index contributed by atoms with van der Waals surface area (Å²) < 4.78 is 13.8. The van der Waals surface area contributed by atoms with Gasteiger partial charge in [-0.3, -0.25) is 9.79 Å². The fraction of sp³-hybridized carbons (Fsp3) is 0.400. The van der Waals surface area contributed by atoms with Gasteiger partial charge in [0.1, 0.15) is 0 Å². The number of hydrogen-bond donors (Lipinski definition) is 2. The second-order valence-corrected chi connectivity index (χ2v) is 3.00. The van der Waals surface area contributed by atoms with E-state index in [0.29, 0.717) is 0 Å². The van der Waals surface area contributed by atoms with E-state index >= 15 is 0 Å². The van der Waals surface area contributed by atoms with Crippen LogP contribution in [0.4, 0.5) is 0 Å². The highest BCUT2D eigenvalue weighted by atomic mass is 31.2. The van der Waals surface area contributed by atoms with E-state index in [2.05, 4.69) is 4.52 Å². The van der Waals surface area contributed by atoms with Crippen LogP contribution in [0.1, 0.15) is 13.8 Å². The van der Waals surface area contributed by atoms with Crippen molar-refractivity contribution in [3.05, 3.63) is 11.6 Å². The molecule has 0 bridgehead atoms. The van der Waals surface area contributed by atoms with Crippen molar-refractivity contribution < 1.29 is 23.7 Å². The van der Waals surface area contributed by atoms with Gasteiger partial charge >= 0.3 is 13.8 Å². The van der Waals surface area contributed by atoms with E-state index < -0.39 is 13.8 Å². The average molecular weight is 180 g/mol. The topological polar surface area (TPSA) is 83.8 Å². The normalized spacial score (nSPS) is 12.9. The first kappa shape index (κ1) is 10.4. The Balaban J connectivity index is 4.22. The molecule has 11 heavy (non-hydrogen) atoms. The maximum absolute atomic E-state index is 10.6. The molecule has 64 valence electrons. The molecule has 6 heteroatoms. The van der Waals surface area contributed by atoms with Crippen LogP contribution < -0.4 is 0 Å². The summed E-state index contributed by atoms with van der Waals surface area (Å²) in [5.74, 6) is -0.999. The van der Waals surface area contributed by atoms with Gasteiger partial charge in [0, 0.05) is 5.57 Å². The Kier molecular flexibility index (Phi) is 3.45. The molecule has 0 spiro atoms. The highest BCUT2D eigenvalue weighted by Crippen LogP contribution is 2.36. The first-order valence-electron chi connectivity index (χ1n) is 2.79. The molecule has 5 nitrogen and oxygen atoms in total. The van der Waals surface area contributed by atoms with Crippen LogP contribution in [0.5, 0.6) is 0 Å². The number of allylic oxidation sites excluding steroid dienone is 1. The molecule has 0 fully saturated rings. The molecule has 0 saturated heterocycles. The molecule has 0 saturated carbocycles. The standard InChI is InChI=1S/C5H9O5P/c1-3-4(2)5(6)10-11(7,8)9/h3H,1-2H3,(H2,7,8,9). The van der Waals surface area contributed by atoms with Crippen LogP contribution in [0, 0.1) is 0 Å². The molecule has 0 rings (SSSR count). The number of phosphoric ester groups is 1. The van der Waals surface area contributed by atoms with Crippen molar-refractivity contribution in [2.24, 2.45) is 0 Å². The Morgan fingerprint density at radius 3 is 2.27 bits per heavy atom. The maximum Gasteiger partial charge on any atom is 0.527 e. The van der Waals surface area contributed by atoms with Crippen LogP contribution in [-0.2, 0) is 13.9 Å². The van der Waals surface area contributed by atoms with Crippen LogP contribution in [-0.4, -0.2) is 15.8 Å². The number of hydrogen-bond acceptors (Lipinski definition) is 3. The minimum absolute atomic E-state index is 0.160. The summed E-state index contributed by atoms with van der Waals surface area (Å²) in [6.45, 7) is 2.97. The summed E-state index contributed by atoms with van der Waals surface area (Å²) in [7, 11) is -4.68. The minimum atomic E-state index is -4.68. The molecule has 0 aromatic carbocycles.